The van der Waals surface area contributed by atoms with Crippen LogP contribution in [0.2, 0.25) is 0 Å². The molecule has 0 aromatic heterocycles. The van der Waals surface area contributed by atoms with Gasteiger partial charge < -0.3 is 2.85 Å². The summed E-state index contributed by atoms with van der Waals surface area (Å²) in [5.74, 6) is 0. The third kappa shape index (κ3) is 8.96. The summed E-state index contributed by atoms with van der Waals surface area (Å²) in [6, 6.07) is 0. The van der Waals surface area contributed by atoms with Crippen molar-refractivity contribution in [2.75, 3.05) is 0 Å². The molecule has 0 rings (SSSR count). The average molecular weight is 194 g/mol. The topological polar surface area (TPSA) is 0 Å². The van der Waals surface area contributed by atoms with E-state index in [4.69, 9.17) is 0 Å². The zero-order chi connectivity index (χ0) is 0. The van der Waals surface area contributed by atoms with Crippen LogP contribution >= 0.6 is 0 Å². The predicted molar refractivity (Wildman–Crippen MR) is 7.98 cm³/mol. The van der Waals surface area contributed by atoms with E-state index >= 15 is 0 Å². The fourth-order valence-corrected chi connectivity index (χ4v) is 0. The van der Waals surface area contributed by atoms with E-state index in [1.165, 1.54) is 0 Å². The maximum absolute atomic E-state index is 0. The summed E-state index contributed by atoms with van der Waals surface area (Å²) < 4.78 is 0. The fraction of sp³-hybridized carbons (Fsp3) is 0. The molecular weight excluding hydrogens is 192 g/mol. The molecule has 0 amide bonds. The van der Waals surface area contributed by atoms with Crippen LogP contribution in [0.15, 0.2) is 0 Å². The minimum Gasteiger partial charge on any atom is -1.00 e. The predicted octanol–water partition coefficient (Wildman–Crippen LogP) is -0.163. The Bertz CT molecular complexity index is 11.5. The van der Waals surface area contributed by atoms with E-state index in [2.05, 4.69) is 0 Å². The summed E-state index contributed by atoms with van der Waals surface area (Å²) in [5, 5.41) is 0. The molecule has 0 fully saturated rings. The molecule has 0 N–H and O–H groups in total. The van der Waals surface area contributed by atoms with Gasteiger partial charge in [0.1, 0.15) is 0 Å². The molecule has 0 radical (unpaired) electrons. The van der Waals surface area contributed by atoms with Gasteiger partial charge in [0.25, 0.3) is 0 Å². The van der Waals surface area contributed by atoms with Crippen LogP contribution in [0.3, 0.4) is 0 Å². The van der Waals surface area contributed by atoms with Gasteiger partial charge >= 0.3 is 37.7 Å². The minimum absolute atomic E-state index is 0. The quantitative estimate of drug-likeness (QED) is 0.469. The van der Waals surface area contributed by atoms with Gasteiger partial charge in [0.05, 0.1) is 0 Å². The third-order valence-electron chi connectivity index (χ3n) is 0. The normalized spacial score (nSPS) is 0. The molecule has 0 unspecified atom stereocenters. The summed E-state index contributed by atoms with van der Waals surface area (Å²) >= 11 is 0. The van der Waals surface area contributed by atoms with Crippen LogP contribution in [0.1, 0.15) is 2.85 Å². The summed E-state index contributed by atoms with van der Waals surface area (Å²) in [6.07, 6.45) is 0. The maximum Gasteiger partial charge on any atom is 2.00 e. The second kappa shape index (κ2) is 16.4. The van der Waals surface area contributed by atoms with Crippen molar-refractivity contribution < 1.29 is 63.4 Å². The molecule has 0 saturated carbocycles. The standard InChI is InChI=1S/Ca.Fe.2Ti.2H/q+2;;;;2*-1. The second-order valence-electron chi connectivity index (χ2n) is 0. The zero-order valence-electron chi connectivity index (χ0n) is 4.06. The summed E-state index contributed by atoms with van der Waals surface area (Å²) in [6.45, 7) is 0. The van der Waals surface area contributed by atoms with Gasteiger partial charge in [0, 0.05) is 60.5 Å². The molecule has 0 spiro atoms. The van der Waals surface area contributed by atoms with E-state index in [0.29, 0.717) is 0 Å². The molecule has 0 heterocycles. The number of hydrogen-bond donors (Lipinski definition) is 0. The first-order chi connectivity index (χ1) is 0. The summed E-state index contributed by atoms with van der Waals surface area (Å²) in [4.78, 5) is 0. The van der Waals surface area contributed by atoms with Gasteiger partial charge in [0.2, 0.25) is 0 Å². The van der Waals surface area contributed by atoms with Crippen molar-refractivity contribution in [3.63, 3.8) is 0 Å². The molecule has 0 aliphatic rings. The first-order valence-electron chi connectivity index (χ1n) is 0. The van der Waals surface area contributed by atoms with Gasteiger partial charge in [0.15, 0.2) is 0 Å². The molecule has 4 heavy (non-hydrogen) atoms. The summed E-state index contributed by atoms with van der Waals surface area (Å²) in [5.41, 5.74) is 0. The van der Waals surface area contributed by atoms with E-state index in [1.54, 1.807) is 0 Å². The van der Waals surface area contributed by atoms with Crippen molar-refractivity contribution in [3.05, 3.63) is 0 Å². The van der Waals surface area contributed by atoms with E-state index < -0.39 is 0 Å². The van der Waals surface area contributed by atoms with Gasteiger partial charge in [-0.2, -0.15) is 0 Å². The van der Waals surface area contributed by atoms with Crippen LogP contribution in [-0.2, 0) is 60.5 Å². The SMILES string of the molecule is [Ca+2].[Fe].[H-].[H-].[Ti].[Ti]. The smallest absolute Gasteiger partial charge is 1.00 e. The first kappa shape index (κ1) is 27.0. The summed E-state index contributed by atoms with van der Waals surface area (Å²) in [7, 11) is 0. The van der Waals surface area contributed by atoms with Crippen LogP contribution in [0.25, 0.3) is 0 Å². The van der Waals surface area contributed by atoms with Crippen LogP contribution in [0, 0.1) is 0 Å². The Morgan fingerprint density at radius 1 is 1.00 bits per heavy atom. The molecular formula is H2CaFeTi2. The van der Waals surface area contributed by atoms with Crippen molar-refractivity contribution in [1.82, 2.24) is 0 Å². The van der Waals surface area contributed by atoms with Crippen molar-refractivity contribution in [2.45, 2.75) is 0 Å². The van der Waals surface area contributed by atoms with E-state index in [1.807, 2.05) is 0 Å². The maximum atomic E-state index is 0. The molecule has 0 aliphatic heterocycles. The van der Waals surface area contributed by atoms with E-state index in [-0.39, 0.29) is 101 Å². The van der Waals surface area contributed by atoms with Crippen molar-refractivity contribution in [1.29, 1.82) is 0 Å². The van der Waals surface area contributed by atoms with Gasteiger partial charge in [-0.15, -0.1) is 0 Å². The molecule has 4 heteroatoms. The Labute approximate surface area is 99.1 Å². The Morgan fingerprint density at radius 3 is 1.00 bits per heavy atom. The monoisotopic (exact) mass is 194 g/mol. The third-order valence-corrected chi connectivity index (χ3v) is 0. The number of rotatable bonds is 0. The average Bonchev–Trinajstić information content (AvgIpc) is 0. The van der Waals surface area contributed by atoms with Crippen LogP contribution in [0.5, 0.6) is 0 Å². The van der Waals surface area contributed by atoms with Gasteiger partial charge in [-0.05, 0) is 0 Å². The molecule has 0 bridgehead atoms. The van der Waals surface area contributed by atoms with Crippen molar-refractivity contribution in [3.8, 4) is 0 Å². The molecule has 0 saturated heterocycles. The fourth-order valence-electron chi connectivity index (χ4n) is 0. The first-order valence-corrected chi connectivity index (χ1v) is 0. The Hall–Kier alpha value is 3.21. The zero-order valence-corrected chi connectivity index (χ0v) is 8.50. The molecule has 0 atom stereocenters. The van der Waals surface area contributed by atoms with E-state index in [9.17, 15) is 0 Å². The Balaban J connectivity index is 0. The van der Waals surface area contributed by atoms with Crippen LogP contribution in [0.4, 0.5) is 0 Å². The van der Waals surface area contributed by atoms with Crippen LogP contribution in [-0.4, -0.2) is 37.7 Å². The molecule has 0 nitrogen and oxygen atoms in total. The molecule has 0 aromatic rings. The molecule has 0 aromatic carbocycles. The number of hydrogen-bond acceptors (Lipinski definition) is 0. The van der Waals surface area contributed by atoms with Crippen molar-refractivity contribution >= 4 is 37.7 Å². The Morgan fingerprint density at radius 2 is 1.00 bits per heavy atom. The molecule has 20 valence electrons. The largest absolute Gasteiger partial charge is 2.00 e. The van der Waals surface area contributed by atoms with E-state index in [0.717, 1.165) is 0 Å². The van der Waals surface area contributed by atoms with Gasteiger partial charge in [-0.1, -0.05) is 0 Å². The molecule has 0 aliphatic carbocycles. The van der Waals surface area contributed by atoms with Gasteiger partial charge in [-0.3, -0.25) is 0 Å². The van der Waals surface area contributed by atoms with Crippen LogP contribution < -0.4 is 0 Å². The Kier molecular flexibility index (Phi) is 110. The van der Waals surface area contributed by atoms with Crippen molar-refractivity contribution in [2.24, 2.45) is 0 Å². The second-order valence-corrected chi connectivity index (χ2v) is 0. The van der Waals surface area contributed by atoms with Gasteiger partial charge in [-0.25, -0.2) is 0 Å². The minimum atomic E-state index is 0.